The van der Waals surface area contributed by atoms with E-state index >= 15 is 4.39 Å². The van der Waals surface area contributed by atoms with Crippen molar-refractivity contribution in [3.8, 4) is 22.9 Å². The molecule has 0 aliphatic carbocycles. The number of piperazine rings is 1. The van der Waals surface area contributed by atoms with Crippen LogP contribution in [0.3, 0.4) is 0 Å². The summed E-state index contributed by atoms with van der Waals surface area (Å²) >= 11 is 0. The molecule has 0 bridgehead atoms. The van der Waals surface area contributed by atoms with Crippen molar-refractivity contribution < 1.29 is 14.2 Å². The fourth-order valence-electron chi connectivity index (χ4n) is 5.39. The number of likely N-dealkylation sites (N-methyl/N-ethyl adjacent to an activating group) is 1. The van der Waals surface area contributed by atoms with Gasteiger partial charge in [0.1, 0.15) is 23.7 Å². The Labute approximate surface area is 209 Å². The highest BCUT2D eigenvalue weighted by atomic mass is 19.1. The lowest BCUT2D eigenvalue weighted by Crippen LogP contribution is -2.44. The predicted octanol–water partition coefficient (Wildman–Crippen LogP) is 4.18. The maximum Gasteiger partial charge on any atom is 0.319 e. The smallest absolute Gasteiger partial charge is 0.319 e. The van der Waals surface area contributed by atoms with Gasteiger partial charge in [0, 0.05) is 43.2 Å². The average Bonchev–Trinajstić information content (AvgIpc) is 3.32. The Kier molecular flexibility index (Phi) is 6.07. The van der Waals surface area contributed by atoms with Crippen LogP contribution in [0.25, 0.3) is 32.8 Å². The lowest BCUT2D eigenvalue weighted by Gasteiger charge is -2.29. The van der Waals surface area contributed by atoms with E-state index in [2.05, 4.69) is 27.1 Å². The second-order valence-electron chi connectivity index (χ2n) is 9.69. The molecule has 1 atom stereocenters. The summed E-state index contributed by atoms with van der Waals surface area (Å²) in [7, 11) is 2.10. The number of aromatic hydroxyl groups is 1. The number of rotatable bonds is 5. The van der Waals surface area contributed by atoms with Crippen LogP contribution in [0.4, 0.5) is 10.2 Å². The van der Waals surface area contributed by atoms with Gasteiger partial charge in [0.25, 0.3) is 0 Å². The number of fused-ring (bicyclic) bond motifs is 2. The quantitative estimate of drug-likeness (QED) is 0.438. The fourth-order valence-corrected chi connectivity index (χ4v) is 5.39. The van der Waals surface area contributed by atoms with Crippen LogP contribution in [0.15, 0.2) is 48.5 Å². The highest BCUT2D eigenvalue weighted by Gasteiger charge is 2.24. The Morgan fingerprint density at radius 1 is 1.03 bits per heavy atom. The Morgan fingerprint density at radius 2 is 1.86 bits per heavy atom. The van der Waals surface area contributed by atoms with Gasteiger partial charge >= 0.3 is 6.01 Å². The number of hydrogen-bond donors (Lipinski definition) is 2. The molecule has 3 heterocycles. The molecule has 0 spiro atoms. The summed E-state index contributed by atoms with van der Waals surface area (Å²) in [5.41, 5.74) is 1.25. The zero-order valence-corrected chi connectivity index (χ0v) is 20.4. The maximum atomic E-state index is 16.3. The average molecular weight is 488 g/mol. The zero-order chi connectivity index (χ0) is 24.6. The second kappa shape index (κ2) is 9.52. The van der Waals surface area contributed by atoms with Crippen LogP contribution in [0.5, 0.6) is 11.8 Å². The summed E-state index contributed by atoms with van der Waals surface area (Å²) in [5.74, 6) is 0.351. The van der Waals surface area contributed by atoms with Gasteiger partial charge in [0.2, 0.25) is 0 Å². The van der Waals surface area contributed by atoms with Crippen LogP contribution in [0.1, 0.15) is 12.8 Å². The molecule has 0 radical (unpaired) electrons. The molecule has 0 amide bonds. The standard InChI is InChI=1S/C28H30FN5O2/c1-33-12-4-6-19(33)17-36-28-31-26-23(27(32-28)34-13-10-30-11-14-34)9-8-22(25(26)29)24-16-20(35)15-18-5-2-3-7-21(18)24/h2-3,5,7-9,15-16,19,30,35H,4,6,10-14,17H2,1H3. The van der Waals surface area contributed by atoms with E-state index in [1.807, 2.05) is 30.3 Å². The number of hydrogen-bond acceptors (Lipinski definition) is 7. The minimum Gasteiger partial charge on any atom is -0.508 e. The normalized spacial score (nSPS) is 18.8. The molecule has 8 heteroatoms. The zero-order valence-electron chi connectivity index (χ0n) is 20.4. The van der Waals surface area contributed by atoms with Crippen LogP contribution in [-0.4, -0.2) is 72.4 Å². The second-order valence-corrected chi connectivity index (χ2v) is 9.69. The third-order valence-electron chi connectivity index (χ3n) is 7.40. The topological polar surface area (TPSA) is 73.8 Å². The van der Waals surface area contributed by atoms with Crippen LogP contribution in [0.2, 0.25) is 0 Å². The van der Waals surface area contributed by atoms with E-state index in [-0.39, 0.29) is 17.3 Å². The van der Waals surface area contributed by atoms with Gasteiger partial charge in [-0.05, 0) is 61.0 Å². The van der Waals surface area contributed by atoms with E-state index in [4.69, 9.17) is 9.72 Å². The first-order chi connectivity index (χ1) is 17.6. The number of nitrogens with one attached hydrogen (secondary N) is 1. The third kappa shape index (κ3) is 4.20. The first-order valence-corrected chi connectivity index (χ1v) is 12.6. The molecule has 2 aliphatic rings. The molecule has 0 saturated carbocycles. The monoisotopic (exact) mass is 487 g/mol. The van der Waals surface area contributed by atoms with Gasteiger partial charge in [-0.1, -0.05) is 30.3 Å². The molecular weight excluding hydrogens is 457 g/mol. The van der Waals surface area contributed by atoms with Crippen molar-refractivity contribution in [2.24, 2.45) is 0 Å². The Bertz CT molecular complexity index is 1420. The van der Waals surface area contributed by atoms with Crippen LogP contribution < -0.4 is 15.0 Å². The van der Waals surface area contributed by atoms with Gasteiger partial charge in [-0.15, -0.1) is 0 Å². The number of likely N-dealkylation sites (tertiary alicyclic amines) is 1. The Morgan fingerprint density at radius 3 is 2.67 bits per heavy atom. The van der Waals surface area contributed by atoms with Crippen molar-refractivity contribution in [2.45, 2.75) is 18.9 Å². The van der Waals surface area contributed by atoms with E-state index in [0.29, 0.717) is 35.0 Å². The Balaban J connectivity index is 1.48. The van der Waals surface area contributed by atoms with Crippen molar-refractivity contribution in [3.63, 3.8) is 0 Å². The maximum absolute atomic E-state index is 16.3. The Hall–Kier alpha value is -3.49. The third-order valence-corrected chi connectivity index (χ3v) is 7.40. The van der Waals surface area contributed by atoms with Crippen LogP contribution in [-0.2, 0) is 0 Å². The molecule has 7 nitrogen and oxygen atoms in total. The van der Waals surface area contributed by atoms with Crippen molar-refractivity contribution in [1.82, 2.24) is 20.2 Å². The summed E-state index contributed by atoms with van der Waals surface area (Å²) < 4.78 is 22.4. The molecule has 4 aromatic rings. The van der Waals surface area contributed by atoms with Gasteiger partial charge in [0.05, 0.1) is 0 Å². The number of phenols is 1. The number of ether oxygens (including phenoxy) is 1. The number of anilines is 1. The lowest BCUT2D eigenvalue weighted by atomic mass is 9.96. The predicted molar refractivity (Wildman–Crippen MR) is 140 cm³/mol. The molecule has 36 heavy (non-hydrogen) atoms. The number of nitrogens with zero attached hydrogens (tertiary/aromatic N) is 4. The van der Waals surface area contributed by atoms with E-state index in [0.717, 1.165) is 56.3 Å². The number of halogens is 1. The molecule has 3 aromatic carbocycles. The summed E-state index contributed by atoms with van der Waals surface area (Å²) in [6, 6.07) is 15.1. The van der Waals surface area contributed by atoms with Crippen molar-refractivity contribution in [1.29, 1.82) is 0 Å². The number of benzene rings is 3. The van der Waals surface area contributed by atoms with Gasteiger partial charge in [0.15, 0.2) is 5.82 Å². The van der Waals surface area contributed by atoms with Gasteiger partial charge in [-0.2, -0.15) is 9.97 Å². The summed E-state index contributed by atoms with van der Waals surface area (Å²) in [5, 5.41) is 16.1. The first-order valence-electron chi connectivity index (χ1n) is 12.6. The number of phenolic OH excluding ortho intramolecular Hbond substituents is 1. The summed E-state index contributed by atoms with van der Waals surface area (Å²) in [6.45, 7) is 4.75. The molecule has 2 saturated heterocycles. The van der Waals surface area contributed by atoms with Gasteiger partial charge in [-0.3, -0.25) is 0 Å². The van der Waals surface area contributed by atoms with Crippen LogP contribution in [0, 0.1) is 5.82 Å². The highest BCUT2D eigenvalue weighted by molar-refractivity contribution is 6.01. The molecule has 2 N–H and O–H groups in total. The van der Waals surface area contributed by atoms with E-state index in [1.165, 1.54) is 0 Å². The van der Waals surface area contributed by atoms with E-state index in [1.54, 1.807) is 18.2 Å². The molecule has 1 aromatic heterocycles. The first kappa shape index (κ1) is 22.9. The summed E-state index contributed by atoms with van der Waals surface area (Å²) in [4.78, 5) is 13.8. The molecule has 186 valence electrons. The lowest BCUT2D eigenvalue weighted by molar-refractivity contribution is 0.188. The minimum absolute atomic E-state index is 0.0945. The fraction of sp³-hybridized carbons (Fsp3) is 0.357. The van der Waals surface area contributed by atoms with E-state index in [9.17, 15) is 5.11 Å². The SMILES string of the molecule is CN1CCCC1COc1nc(N2CCNCC2)c2ccc(-c3cc(O)cc4ccccc34)c(F)c2n1. The van der Waals surface area contributed by atoms with Gasteiger partial charge in [-0.25, -0.2) is 4.39 Å². The molecule has 6 rings (SSSR count). The minimum atomic E-state index is -0.440. The van der Waals surface area contributed by atoms with Crippen molar-refractivity contribution in [2.75, 3.05) is 51.3 Å². The highest BCUT2D eigenvalue weighted by Crippen LogP contribution is 2.38. The molecule has 1 unspecified atom stereocenters. The largest absolute Gasteiger partial charge is 0.508 e. The van der Waals surface area contributed by atoms with Crippen molar-refractivity contribution in [3.05, 3.63) is 54.3 Å². The van der Waals surface area contributed by atoms with Crippen LogP contribution >= 0.6 is 0 Å². The molecule has 2 aliphatic heterocycles. The van der Waals surface area contributed by atoms with Crippen molar-refractivity contribution >= 4 is 27.5 Å². The molecular formula is C28H30FN5O2. The molecule has 2 fully saturated rings. The number of aromatic nitrogens is 2. The summed E-state index contributed by atoms with van der Waals surface area (Å²) in [6.07, 6.45) is 2.21. The van der Waals surface area contributed by atoms with Gasteiger partial charge < -0.3 is 25.0 Å². The van der Waals surface area contributed by atoms with E-state index < -0.39 is 5.82 Å².